The zero-order chi connectivity index (χ0) is 15.4. The number of aromatic nitrogens is 2. The second kappa shape index (κ2) is 6.69. The number of hydrogen-bond acceptors (Lipinski definition) is 4. The van der Waals surface area contributed by atoms with Crippen LogP contribution in [0.25, 0.3) is 11.0 Å². The van der Waals surface area contributed by atoms with Crippen LogP contribution in [0, 0.1) is 0 Å². The number of aliphatic carboxylic acids is 1. The van der Waals surface area contributed by atoms with Crippen molar-refractivity contribution in [2.24, 2.45) is 0 Å². The molecule has 2 aromatic rings. The number of aliphatic hydroxyl groups is 1. The van der Waals surface area contributed by atoms with Crippen molar-refractivity contribution in [1.82, 2.24) is 14.5 Å². The van der Waals surface area contributed by atoms with E-state index in [1.165, 1.54) is 5.56 Å². The van der Waals surface area contributed by atoms with Crippen LogP contribution in [0.3, 0.4) is 0 Å². The van der Waals surface area contributed by atoms with Gasteiger partial charge in [0.15, 0.2) is 0 Å². The maximum absolute atomic E-state index is 10.8. The Hall–Kier alpha value is -1.92. The van der Waals surface area contributed by atoms with Gasteiger partial charge in [0.2, 0.25) is 0 Å². The summed E-state index contributed by atoms with van der Waals surface area (Å²) in [6, 6.07) is 6.12. The lowest BCUT2D eigenvalue weighted by Crippen LogP contribution is -2.26. The van der Waals surface area contributed by atoms with Gasteiger partial charge >= 0.3 is 5.97 Å². The maximum Gasteiger partial charge on any atom is 0.317 e. The van der Waals surface area contributed by atoms with Crippen LogP contribution in [0.2, 0.25) is 0 Å². The molecule has 0 aliphatic heterocycles. The van der Waals surface area contributed by atoms with Crippen LogP contribution in [0.5, 0.6) is 0 Å². The molecule has 21 heavy (non-hydrogen) atoms. The van der Waals surface area contributed by atoms with Gasteiger partial charge in [-0.2, -0.15) is 0 Å². The first-order valence-electron chi connectivity index (χ1n) is 7.04. The van der Waals surface area contributed by atoms with Crippen molar-refractivity contribution in [2.75, 3.05) is 20.2 Å². The molecule has 0 aliphatic carbocycles. The number of imidazole rings is 1. The Balaban J connectivity index is 2.36. The third kappa shape index (κ3) is 3.59. The third-order valence-electron chi connectivity index (χ3n) is 3.44. The molecule has 0 fully saturated rings. The molecule has 0 saturated carbocycles. The number of carboxylic acid groups (broad SMARTS) is 1. The fourth-order valence-corrected chi connectivity index (χ4v) is 2.44. The van der Waals surface area contributed by atoms with Gasteiger partial charge in [-0.3, -0.25) is 9.69 Å². The fourth-order valence-electron chi connectivity index (χ4n) is 2.44. The molecule has 1 heterocycles. The number of fused-ring (bicyclic) bond motifs is 1. The van der Waals surface area contributed by atoms with E-state index in [1.807, 2.05) is 16.7 Å². The smallest absolute Gasteiger partial charge is 0.317 e. The van der Waals surface area contributed by atoms with E-state index >= 15 is 0 Å². The van der Waals surface area contributed by atoms with Crippen molar-refractivity contribution in [1.29, 1.82) is 0 Å². The number of aryl methyl sites for hydroxylation is 1. The van der Waals surface area contributed by atoms with Crippen molar-refractivity contribution in [3.63, 3.8) is 0 Å². The van der Waals surface area contributed by atoms with Crippen molar-refractivity contribution in [3.8, 4) is 0 Å². The first kappa shape index (κ1) is 15.5. The lowest BCUT2D eigenvalue weighted by Gasteiger charge is -2.14. The van der Waals surface area contributed by atoms with Crippen LogP contribution in [0.15, 0.2) is 18.2 Å². The number of aliphatic hydroxyl groups excluding tert-OH is 1. The Morgan fingerprint density at radius 1 is 1.43 bits per heavy atom. The largest absolute Gasteiger partial charge is 0.480 e. The minimum absolute atomic E-state index is 0.0244. The molecule has 2 rings (SSSR count). The summed E-state index contributed by atoms with van der Waals surface area (Å²) in [5.74, 6) is -0.0911. The molecule has 0 unspecified atom stereocenters. The summed E-state index contributed by atoms with van der Waals surface area (Å²) in [4.78, 5) is 17.1. The molecule has 0 aliphatic rings. The predicted molar refractivity (Wildman–Crippen MR) is 80.2 cm³/mol. The summed E-state index contributed by atoms with van der Waals surface area (Å²) in [6.45, 7) is 2.97. The van der Waals surface area contributed by atoms with Gasteiger partial charge in [0.25, 0.3) is 0 Å². The van der Waals surface area contributed by atoms with Gasteiger partial charge < -0.3 is 14.8 Å². The fraction of sp³-hybridized carbons (Fsp3) is 0.467. The number of hydrogen-bond donors (Lipinski definition) is 2. The standard InChI is InChI=1S/C15H21N3O3/c1-3-11-4-5-13-12(8-11)16-14(18(13)6-7-19)9-17(2)10-15(20)21/h4-5,8,19H,3,6-7,9-10H2,1-2H3,(H,20,21). The molecule has 0 radical (unpaired) electrons. The molecule has 0 amide bonds. The molecule has 6 nitrogen and oxygen atoms in total. The van der Waals surface area contributed by atoms with Gasteiger partial charge in [-0.25, -0.2) is 4.98 Å². The number of benzene rings is 1. The highest BCUT2D eigenvalue weighted by molar-refractivity contribution is 5.77. The first-order chi connectivity index (χ1) is 10.0. The summed E-state index contributed by atoms with van der Waals surface area (Å²) in [5.41, 5.74) is 3.07. The van der Waals surface area contributed by atoms with E-state index in [9.17, 15) is 9.90 Å². The van der Waals surface area contributed by atoms with Gasteiger partial charge in [-0.05, 0) is 31.2 Å². The summed E-state index contributed by atoms with van der Waals surface area (Å²) >= 11 is 0. The zero-order valence-electron chi connectivity index (χ0n) is 12.4. The maximum atomic E-state index is 10.8. The van der Waals surface area contributed by atoms with Crippen molar-refractivity contribution >= 4 is 17.0 Å². The lowest BCUT2D eigenvalue weighted by atomic mass is 10.1. The summed E-state index contributed by atoms with van der Waals surface area (Å²) in [5, 5.41) is 18.1. The Kier molecular flexibility index (Phi) is 4.93. The SMILES string of the molecule is CCc1ccc2c(c1)nc(CN(C)CC(=O)O)n2CCO. The lowest BCUT2D eigenvalue weighted by molar-refractivity contribution is -0.138. The molecule has 6 heteroatoms. The van der Waals surface area contributed by atoms with Crippen LogP contribution >= 0.6 is 0 Å². The Morgan fingerprint density at radius 3 is 2.81 bits per heavy atom. The zero-order valence-corrected chi connectivity index (χ0v) is 12.4. The van der Waals surface area contributed by atoms with E-state index in [2.05, 4.69) is 18.0 Å². The quantitative estimate of drug-likeness (QED) is 0.799. The second-order valence-corrected chi connectivity index (χ2v) is 5.15. The minimum Gasteiger partial charge on any atom is -0.480 e. The van der Waals surface area contributed by atoms with Crippen LogP contribution in [0.4, 0.5) is 0 Å². The van der Waals surface area contributed by atoms with Gasteiger partial charge in [0.1, 0.15) is 5.82 Å². The molecular formula is C15H21N3O3. The Morgan fingerprint density at radius 2 is 2.19 bits per heavy atom. The molecule has 0 saturated heterocycles. The summed E-state index contributed by atoms with van der Waals surface area (Å²) in [7, 11) is 1.74. The van der Waals surface area contributed by atoms with E-state index in [0.717, 1.165) is 23.3 Å². The van der Waals surface area contributed by atoms with E-state index < -0.39 is 5.97 Å². The van der Waals surface area contributed by atoms with Gasteiger partial charge in [0.05, 0.1) is 30.7 Å². The Labute approximate surface area is 123 Å². The van der Waals surface area contributed by atoms with Crippen molar-refractivity contribution in [2.45, 2.75) is 26.4 Å². The number of nitrogens with zero attached hydrogens (tertiary/aromatic N) is 3. The van der Waals surface area contributed by atoms with Gasteiger partial charge in [0, 0.05) is 6.54 Å². The number of likely N-dealkylation sites (N-methyl/N-ethyl adjacent to an activating group) is 1. The highest BCUT2D eigenvalue weighted by Crippen LogP contribution is 2.19. The first-order valence-corrected chi connectivity index (χ1v) is 7.04. The number of carbonyl (C=O) groups is 1. The van der Waals surface area contributed by atoms with Crippen molar-refractivity contribution < 1.29 is 15.0 Å². The molecular weight excluding hydrogens is 270 g/mol. The average Bonchev–Trinajstić information content (AvgIpc) is 2.75. The second-order valence-electron chi connectivity index (χ2n) is 5.15. The number of rotatable bonds is 7. The topological polar surface area (TPSA) is 78.6 Å². The third-order valence-corrected chi connectivity index (χ3v) is 3.44. The van der Waals surface area contributed by atoms with Crippen LogP contribution in [-0.2, 0) is 24.3 Å². The average molecular weight is 291 g/mol. The molecule has 0 atom stereocenters. The van der Waals surface area contributed by atoms with Gasteiger partial charge in [-0.15, -0.1) is 0 Å². The monoisotopic (exact) mass is 291 g/mol. The summed E-state index contributed by atoms with van der Waals surface area (Å²) < 4.78 is 1.95. The van der Waals surface area contributed by atoms with Gasteiger partial charge in [-0.1, -0.05) is 13.0 Å². The Bertz CT molecular complexity index is 636. The normalized spacial score (nSPS) is 11.4. The van der Waals surface area contributed by atoms with Crippen molar-refractivity contribution in [3.05, 3.63) is 29.6 Å². The molecule has 0 spiro atoms. The predicted octanol–water partition coefficient (Wildman–Crippen LogP) is 1.11. The van der Waals surface area contributed by atoms with E-state index in [0.29, 0.717) is 13.1 Å². The highest BCUT2D eigenvalue weighted by Gasteiger charge is 2.14. The van der Waals surface area contributed by atoms with E-state index in [1.54, 1.807) is 11.9 Å². The van der Waals surface area contributed by atoms with E-state index in [4.69, 9.17) is 5.11 Å². The van der Waals surface area contributed by atoms with Crippen LogP contribution in [0.1, 0.15) is 18.3 Å². The van der Waals surface area contributed by atoms with Crippen LogP contribution in [-0.4, -0.2) is 50.8 Å². The molecule has 1 aromatic carbocycles. The number of carboxylic acids is 1. The summed E-state index contributed by atoms with van der Waals surface area (Å²) in [6.07, 6.45) is 0.942. The van der Waals surface area contributed by atoms with Crippen LogP contribution < -0.4 is 0 Å². The minimum atomic E-state index is -0.865. The molecule has 0 bridgehead atoms. The highest BCUT2D eigenvalue weighted by atomic mass is 16.4. The molecule has 1 aromatic heterocycles. The molecule has 114 valence electrons. The van der Waals surface area contributed by atoms with E-state index in [-0.39, 0.29) is 13.2 Å². The molecule has 2 N–H and O–H groups in total.